The van der Waals surface area contributed by atoms with Gasteiger partial charge in [-0.15, -0.1) is 0 Å². The Morgan fingerprint density at radius 2 is 2.08 bits per heavy atom. The van der Waals surface area contributed by atoms with E-state index in [1.807, 2.05) is 6.92 Å². The number of hydrogen-bond acceptors (Lipinski definition) is 6. The maximum atomic E-state index is 11.4. The van der Waals surface area contributed by atoms with Crippen LogP contribution in [0.5, 0.6) is 5.75 Å². The summed E-state index contributed by atoms with van der Waals surface area (Å²) in [6, 6.07) is -0.821. The van der Waals surface area contributed by atoms with Crippen LogP contribution in [0, 0.1) is 12.8 Å². The molecule has 0 aliphatic rings. The van der Waals surface area contributed by atoms with Crippen LogP contribution in [0.25, 0.3) is 0 Å². The highest BCUT2D eigenvalue weighted by atomic mass is 31.2. The molecule has 10 heteroatoms. The molecule has 0 saturated heterocycles. The van der Waals surface area contributed by atoms with E-state index >= 15 is 0 Å². The van der Waals surface area contributed by atoms with E-state index in [0.29, 0.717) is 17.7 Å². The maximum Gasteiger partial charge on any atom is 0.469 e. The molecule has 1 aromatic rings. The number of rotatable bonds is 9. The Morgan fingerprint density at radius 1 is 1.46 bits per heavy atom. The van der Waals surface area contributed by atoms with Crippen molar-refractivity contribution in [1.29, 1.82) is 0 Å². The summed E-state index contributed by atoms with van der Waals surface area (Å²) in [6.07, 6.45) is 1.99. The van der Waals surface area contributed by atoms with Crippen LogP contribution in [-0.2, 0) is 27.0 Å². The third-order valence-corrected chi connectivity index (χ3v) is 4.26. The van der Waals surface area contributed by atoms with Crippen molar-refractivity contribution >= 4 is 13.8 Å². The Labute approximate surface area is 139 Å². The summed E-state index contributed by atoms with van der Waals surface area (Å²) in [5.41, 5.74) is 0.884. The zero-order valence-corrected chi connectivity index (χ0v) is 14.7. The molecule has 0 radical (unpaired) electrons. The molecule has 1 heterocycles. The highest BCUT2D eigenvalue weighted by molar-refractivity contribution is 7.46. The van der Waals surface area contributed by atoms with E-state index in [2.05, 4.69) is 14.8 Å². The van der Waals surface area contributed by atoms with Crippen molar-refractivity contribution in [3.8, 4) is 5.75 Å². The molecule has 2 atom stereocenters. The molecule has 24 heavy (non-hydrogen) atoms. The fourth-order valence-electron chi connectivity index (χ4n) is 2.14. The van der Waals surface area contributed by atoms with Crippen LogP contribution in [0.4, 0.5) is 0 Å². The second-order valence-corrected chi connectivity index (χ2v) is 6.78. The molecule has 9 nitrogen and oxygen atoms in total. The zero-order valence-electron chi connectivity index (χ0n) is 13.8. The molecule has 0 unspecified atom stereocenters. The second kappa shape index (κ2) is 8.55. The van der Waals surface area contributed by atoms with Crippen molar-refractivity contribution in [3.05, 3.63) is 23.0 Å². The van der Waals surface area contributed by atoms with Gasteiger partial charge in [0.15, 0.2) is 0 Å². The van der Waals surface area contributed by atoms with Gasteiger partial charge in [-0.2, -0.15) is 0 Å². The number of phosphoric acid groups is 1. The monoisotopic (exact) mass is 362 g/mol. The molecule has 0 bridgehead atoms. The van der Waals surface area contributed by atoms with Crippen LogP contribution in [0.2, 0.25) is 0 Å². The number of carbonyl (C=O) groups is 1. The predicted molar refractivity (Wildman–Crippen MR) is 85.2 cm³/mol. The van der Waals surface area contributed by atoms with Crippen LogP contribution < -0.4 is 5.32 Å². The van der Waals surface area contributed by atoms with E-state index in [9.17, 15) is 19.6 Å². The van der Waals surface area contributed by atoms with E-state index in [4.69, 9.17) is 9.79 Å². The van der Waals surface area contributed by atoms with Crippen molar-refractivity contribution in [2.24, 2.45) is 5.92 Å². The average Bonchev–Trinajstić information content (AvgIpc) is 2.48. The summed E-state index contributed by atoms with van der Waals surface area (Å²) < 4.78 is 15.3. The summed E-state index contributed by atoms with van der Waals surface area (Å²) in [5.74, 6) is -1.31. The first-order valence-corrected chi connectivity index (χ1v) is 8.92. The third kappa shape index (κ3) is 5.85. The Balaban J connectivity index is 3.01. The Morgan fingerprint density at radius 3 is 2.58 bits per heavy atom. The number of aromatic hydroxyl groups is 1. The highest BCUT2D eigenvalue weighted by Gasteiger charge is 2.24. The van der Waals surface area contributed by atoms with Gasteiger partial charge in [0.25, 0.3) is 0 Å². The van der Waals surface area contributed by atoms with Gasteiger partial charge in [-0.1, -0.05) is 20.3 Å². The van der Waals surface area contributed by atoms with Gasteiger partial charge in [-0.3, -0.25) is 19.6 Å². The SMILES string of the molecule is CC[C@@H](C)[C@@H](NCc1c(COP(=O)(O)O)cnc(C)c1O)C(=O)O. The summed E-state index contributed by atoms with van der Waals surface area (Å²) in [4.78, 5) is 32.9. The quantitative estimate of drug-likeness (QED) is 0.410. The van der Waals surface area contributed by atoms with Crippen molar-refractivity contribution in [2.45, 2.75) is 46.4 Å². The number of hydrogen-bond donors (Lipinski definition) is 5. The number of aliphatic carboxylic acids is 1. The highest BCUT2D eigenvalue weighted by Crippen LogP contribution is 2.38. The van der Waals surface area contributed by atoms with E-state index in [-0.39, 0.29) is 23.8 Å². The largest absolute Gasteiger partial charge is 0.506 e. The van der Waals surface area contributed by atoms with Gasteiger partial charge >= 0.3 is 13.8 Å². The minimum atomic E-state index is -4.68. The first kappa shape index (κ1) is 20.5. The number of nitrogens with zero attached hydrogens (tertiary/aromatic N) is 1. The minimum Gasteiger partial charge on any atom is -0.506 e. The maximum absolute atomic E-state index is 11.4. The van der Waals surface area contributed by atoms with Gasteiger partial charge in [-0.25, -0.2) is 4.57 Å². The third-order valence-electron chi connectivity index (χ3n) is 3.80. The van der Waals surface area contributed by atoms with Crippen molar-refractivity contribution in [3.63, 3.8) is 0 Å². The average molecular weight is 362 g/mol. The van der Waals surface area contributed by atoms with Gasteiger partial charge in [-0.05, 0) is 12.8 Å². The van der Waals surface area contributed by atoms with Crippen molar-refractivity contribution in [2.75, 3.05) is 0 Å². The molecular formula is C14H23N2O7P. The molecule has 0 amide bonds. The van der Waals surface area contributed by atoms with Crippen molar-refractivity contribution in [1.82, 2.24) is 10.3 Å². The number of carboxylic acid groups (broad SMARTS) is 1. The standard InChI is InChI=1S/C14H23N2O7P/c1-4-8(2)12(14(18)19)16-6-11-10(7-23-24(20,21)22)5-15-9(3)13(11)17/h5,8,12,16-17H,4,6-7H2,1-3H3,(H,18,19)(H2,20,21,22)/t8-,12-/m1/s1. The topological polar surface area (TPSA) is 149 Å². The lowest BCUT2D eigenvalue weighted by Crippen LogP contribution is -2.41. The van der Waals surface area contributed by atoms with Gasteiger partial charge < -0.3 is 20.0 Å². The zero-order chi connectivity index (χ0) is 18.5. The van der Waals surface area contributed by atoms with Gasteiger partial charge in [0, 0.05) is 23.9 Å². The molecule has 0 saturated carbocycles. The summed E-state index contributed by atoms with van der Waals surface area (Å²) in [7, 11) is -4.68. The predicted octanol–water partition coefficient (Wildman–Crippen LogP) is 1.29. The molecule has 5 N–H and O–H groups in total. The number of carboxylic acids is 1. The fourth-order valence-corrected chi connectivity index (χ4v) is 2.45. The number of aryl methyl sites for hydroxylation is 1. The molecule has 1 aromatic heterocycles. The fraction of sp³-hybridized carbons (Fsp3) is 0.571. The molecular weight excluding hydrogens is 339 g/mol. The minimum absolute atomic E-state index is 0.00362. The van der Waals surface area contributed by atoms with E-state index < -0.39 is 26.4 Å². The van der Waals surface area contributed by atoms with E-state index in [0.717, 1.165) is 0 Å². The lowest BCUT2D eigenvalue weighted by atomic mass is 9.98. The van der Waals surface area contributed by atoms with Crippen LogP contribution in [0.15, 0.2) is 6.20 Å². The molecule has 1 rings (SSSR count). The molecule has 0 aliphatic carbocycles. The number of nitrogens with one attached hydrogen (secondary N) is 1. The second-order valence-electron chi connectivity index (χ2n) is 5.54. The summed E-state index contributed by atoms with van der Waals surface area (Å²) in [6.45, 7) is 4.77. The van der Waals surface area contributed by atoms with Crippen LogP contribution >= 0.6 is 7.82 Å². The Kier molecular flexibility index (Phi) is 7.31. The van der Waals surface area contributed by atoms with Gasteiger partial charge in [0.1, 0.15) is 11.8 Å². The van der Waals surface area contributed by atoms with E-state index in [1.165, 1.54) is 6.20 Å². The molecule has 0 aliphatic heterocycles. The van der Waals surface area contributed by atoms with Crippen molar-refractivity contribution < 1.29 is 33.9 Å². The first-order valence-electron chi connectivity index (χ1n) is 7.39. The summed E-state index contributed by atoms with van der Waals surface area (Å²) >= 11 is 0. The number of pyridine rings is 1. The first-order chi connectivity index (χ1) is 11.1. The molecule has 0 fully saturated rings. The van der Waals surface area contributed by atoms with Crippen LogP contribution in [-0.4, -0.2) is 37.0 Å². The van der Waals surface area contributed by atoms with Gasteiger partial charge in [0.05, 0.1) is 12.3 Å². The Hall–Kier alpha value is -1.51. The lowest BCUT2D eigenvalue weighted by Gasteiger charge is -2.21. The van der Waals surface area contributed by atoms with E-state index in [1.54, 1.807) is 13.8 Å². The molecule has 136 valence electrons. The number of phosphoric ester groups is 1. The van der Waals surface area contributed by atoms with Crippen LogP contribution in [0.3, 0.4) is 0 Å². The number of aromatic nitrogens is 1. The molecule has 0 spiro atoms. The Bertz CT molecular complexity index is 632. The molecule has 0 aromatic carbocycles. The smallest absolute Gasteiger partial charge is 0.469 e. The lowest BCUT2D eigenvalue weighted by molar-refractivity contribution is -0.140. The van der Waals surface area contributed by atoms with Gasteiger partial charge in [0.2, 0.25) is 0 Å². The summed E-state index contributed by atoms with van der Waals surface area (Å²) in [5, 5.41) is 22.3. The normalized spacial score (nSPS) is 14.4. The van der Waals surface area contributed by atoms with Crippen LogP contribution in [0.1, 0.15) is 37.1 Å².